The average molecular weight is 489 g/mol. The molecule has 0 heterocycles. The van der Waals surface area contributed by atoms with Gasteiger partial charge in [-0.2, -0.15) is 0 Å². The minimum Gasteiger partial charge on any atom is -0.507 e. The van der Waals surface area contributed by atoms with E-state index < -0.39 is 76.6 Å². The van der Waals surface area contributed by atoms with Crippen molar-refractivity contribution in [3.63, 3.8) is 0 Å². The van der Waals surface area contributed by atoms with E-state index in [0.717, 1.165) is 5.56 Å². The lowest BCUT2D eigenvalue weighted by Gasteiger charge is -2.51. The van der Waals surface area contributed by atoms with E-state index in [1.807, 2.05) is 19.1 Å². The van der Waals surface area contributed by atoms with Gasteiger partial charge in [-0.05, 0) is 29.7 Å². The van der Waals surface area contributed by atoms with Gasteiger partial charge in [-0.25, -0.2) is 0 Å². The van der Waals surface area contributed by atoms with E-state index in [1.54, 1.807) is 24.3 Å². The van der Waals surface area contributed by atoms with E-state index in [2.05, 4.69) is 0 Å². The van der Waals surface area contributed by atoms with Crippen LogP contribution in [0.3, 0.4) is 0 Å². The summed E-state index contributed by atoms with van der Waals surface area (Å²) in [6.45, 7) is 1.90. The molecule has 5 rings (SSSR count). The fourth-order valence-electron chi connectivity index (χ4n) is 5.88. The number of carbonyl (C=O) groups is 5. The number of hydrogen-bond donors (Lipinski definition) is 4. The third-order valence-corrected chi connectivity index (χ3v) is 7.64. The molecule has 3 aliphatic carbocycles. The minimum atomic E-state index is -2.96. The SMILES string of the molecule is Cc1ccc(/C=C2\c3cccc(O)c3C(=O)C3C(=O)C4(O)C(=O)C(C(N)=O)C(=O)CC4C(O)C23)cc1. The molecule has 9 heteroatoms. The van der Waals surface area contributed by atoms with Gasteiger partial charge in [0.05, 0.1) is 17.6 Å². The zero-order valence-corrected chi connectivity index (χ0v) is 19.2. The smallest absolute Gasteiger partial charge is 0.235 e. The number of rotatable bonds is 2. The van der Waals surface area contributed by atoms with Crippen LogP contribution in [0.2, 0.25) is 0 Å². The molecular weight excluding hydrogens is 466 g/mol. The second-order valence-corrected chi connectivity index (χ2v) is 9.68. The minimum absolute atomic E-state index is 0.175. The van der Waals surface area contributed by atoms with Crippen molar-refractivity contribution in [2.45, 2.75) is 25.0 Å². The van der Waals surface area contributed by atoms with Gasteiger partial charge in [0.2, 0.25) is 5.91 Å². The first-order chi connectivity index (χ1) is 17.0. The van der Waals surface area contributed by atoms with E-state index in [4.69, 9.17) is 5.73 Å². The second-order valence-electron chi connectivity index (χ2n) is 9.68. The van der Waals surface area contributed by atoms with Gasteiger partial charge in [0.1, 0.15) is 5.75 Å². The Labute approximate surface area is 205 Å². The summed E-state index contributed by atoms with van der Waals surface area (Å²) in [6.07, 6.45) is -0.651. The first-order valence-electron chi connectivity index (χ1n) is 11.4. The van der Waals surface area contributed by atoms with Crippen molar-refractivity contribution < 1.29 is 39.3 Å². The molecule has 2 aromatic rings. The molecule has 9 nitrogen and oxygen atoms in total. The largest absolute Gasteiger partial charge is 0.507 e. The molecule has 1 amide bonds. The zero-order chi connectivity index (χ0) is 26.1. The van der Waals surface area contributed by atoms with Crippen molar-refractivity contribution in [1.29, 1.82) is 0 Å². The molecule has 0 saturated heterocycles. The molecule has 184 valence electrons. The van der Waals surface area contributed by atoms with Crippen molar-refractivity contribution in [1.82, 2.24) is 0 Å². The predicted octanol–water partition coefficient (Wildman–Crippen LogP) is 0.604. The zero-order valence-electron chi connectivity index (χ0n) is 19.2. The van der Waals surface area contributed by atoms with E-state index in [0.29, 0.717) is 16.7 Å². The van der Waals surface area contributed by atoms with Crippen molar-refractivity contribution in [2.24, 2.45) is 29.4 Å². The van der Waals surface area contributed by atoms with Crippen LogP contribution in [0.4, 0.5) is 0 Å². The molecule has 5 N–H and O–H groups in total. The van der Waals surface area contributed by atoms with Gasteiger partial charge in [-0.3, -0.25) is 24.0 Å². The van der Waals surface area contributed by atoms with Crippen LogP contribution in [0, 0.1) is 30.6 Å². The van der Waals surface area contributed by atoms with Crippen molar-refractivity contribution in [2.75, 3.05) is 0 Å². The summed E-state index contributed by atoms with van der Waals surface area (Å²) in [5, 5.41) is 33.4. The summed E-state index contributed by atoms with van der Waals surface area (Å²) in [4.78, 5) is 64.8. The maximum absolute atomic E-state index is 13.7. The van der Waals surface area contributed by atoms with Crippen molar-refractivity contribution in [3.05, 3.63) is 64.7 Å². The third-order valence-electron chi connectivity index (χ3n) is 7.64. The van der Waals surface area contributed by atoms with E-state index in [-0.39, 0.29) is 5.56 Å². The summed E-state index contributed by atoms with van der Waals surface area (Å²) in [6, 6.07) is 11.7. The summed E-state index contributed by atoms with van der Waals surface area (Å²) in [5.41, 5.74) is 4.37. The number of benzene rings is 2. The summed E-state index contributed by atoms with van der Waals surface area (Å²) in [5.74, 6) is -12.7. The van der Waals surface area contributed by atoms with E-state index >= 15 is 0 Å². The van der Waals surface area contributed by atoms with Crippen LogP contribution in [0.25, 0.3) is 11.6 Å². The van der Waals surface area contributed by atoms with Gasteiger partial charge in [0, 0.05) is 18.3 Å². The maximum atomic E-state index is 13.7. The molecule has 2 fully saturated rings. The number of carbonyl (C=O) groups excluding carboxylic acids is 5. The first-order valence-corrected chi connectivity index (χ1v) is 11.4. The summed E-state index contributed by atoms with van der Waals surface area (Å²) >= 11 is 0. The molecule has 0 aliphatic heterocycles. The number of aryl methyl sites for hydroxylation is 1. The van der Waals surface area contributed by atoms with Gasteiger partial charge < -0.3 is 21.1 Å². The Morgan fingerprint density at radius 1 is 1.06 bits per heavy atom. The number of hydrogen-bond acceptors (Lipinski definition) is 8. The van der Waals surface area contributed by atoms with Gasteiger partial charge >= 0.3 is 0 Å². The molecule has 36 heavy (non-hydrogen) atoms. The Morgan fingerprint density at radius 3 is 2.36 bits per heavy atom. The molecule has 6 atom stereocenters. The summed E-state index contributed by atoms with van der Waals surface area (Å²) < 4.78 is 0. The number of amides is 1. The highest BCUT2D eigenvalue weighted by Gasteiger charge is 2.69. The quantitative estimate of drug-likeness (QED) is 0.444. The number of aliphatic hydroxyl groups is 2. The molecule has 0 radical (unpaired) electrons. The van der Waals surface area contributed by atoms with Crippen molar-refractivity contribution >= 4 is 40.7 Å². The summed E-state index contributed by atoms with van der Waals surface area (Å²) in [7, 11) is 0. The number of primary amides is 1. The standard InChI is InChI=1S/C27H23NO8/c1-11-5-7-12(8-6-11)9-14-13-3-2-4-16(29)18(13)23(32)21-19(14)22(31)15-10-17(30)20(26(28)35)24(33)27(15,36)25(21)34/h2-9,15,19-22,29,31,36H,10H2,1H3,(H2,28,35)/b14-9+. The Hall–Kier alpha value is -3.95. The Kier molecular flexibility index (Phi) is 5.31. The molecule has 2 saturated carbocycles. The second kappa shape index (κ2) is 8.04. The highest BCUT2D eigenvalue weighted by molar-refractivity contribution is 6.32. The lowest BCUT2D eigenvalue weighted by molar-refractivity contribution is -0.185. The number of phenolic OH excluding ortho intramolecular Hbond substituents is 1. The molecule has 0 aromatic heterocycles. The van der Waals surface area contributed by atoms with Crippen molar-refractivity contribution in [3.8, 4) is 5.75 Å². The number of aliphatic hydroxyl groups excluding tert-OH is 1. The Bertz CT molecular complexity index is 1390. The number of fused-ring (bicyclic) bond motifs is 3. The van der Waals surface area contributed by atoms with Crippen LogP contribution in [-0.4, -0.2) is 56.1 Å². The van der Waals surface area contributed by atoms with Crippen LogP contribution in [0.5, 0.6) is 5.75 Å². The maximum Gasteiger partial charge on any atom is 0.235 e. The molecule has 3 aliphatic rings. The number of phenols is 1. The predicted molar refractivity (Wildman–Crippen MR) is 125 cm³/mol. The van der Waals surface area contributed by atoms with Gasteiger partial charge in [0.25, 0.3) is 0 Å². The molecule has 2 aromatic carbocycles. The highest BCUT2D eigenvalue weighted by atomic mass is 16.3. The van der Waals surface area contributed by atoms with Gasteiger partial charge in [-0.1, -0.05) is 48.0 Å². The number of aromatic hydroxyl groups is 1. The fraction of sp³-hybridized carbons (Fsp3) is 0.296. The normalized spacial score (nSPS) is 32.6. The van der Waals surface area contributed by atoms with Crippen LogP contribution in [0.1, 0.15) is 33.5 Å². The topological polar surface area (TPSA) is 172 Å². The van der Waals surface area contributed by atoms with Crippen LogP contribution in [0.15, 0.2) is 42.5 Å². The van der Waals surface area contributed by atoms with Crippen LogP contribution in [-0.2, 0) is 19.2 Å². The Morgan fingerprint density at radius 2 is 1.72 bits per heavy atom. The molecule has 0 bridgehead atoms. The fourth-order valence-corrected chi connectivity index (χ4v) is 5.88. The van der Waals surface area contributed by atoms with Gasteiger partial charge in [0.15, 0.2) is 34.7 Å². The van der Waals surface area contributed by atoms with Crippen LogP contribution >= 0.6 is 0 Å². The van der Waals surface area contributed by atoms with E-state index in [9.17, 15) is 39.3 Å². The molecular formula is C27H23NO8. The van der Waals surface area contributed by atoms with Gasteiger partial charge in [-0.15, -0.1) is 0 Å². The number of nitrogens with two attached hydrogens (primary N) is 1. The molecule has 6 unspecified atom stereocenters. The third kappa shape index (κ3) is 3.13. The lowest BCUT2D eigenvalue weighted by atomic mass is 9.51. The lowest BCUT2D eigenvalue weighted by Crippen LogP contribution is -2.72. The van der Waals surface area contributed by atoms with Crippen LogP contribution < -0.4 is 5.73 Å². The highest BCUT2D eigenvalue weighted by Crippen LogP contribution is 2.54. The first kappa shape index (κ1) is 23.8. The van der Waals surface area contributed by atoms with E-state index in [1.165, 1.54) is 12.1 Å². The Balaban J connectivity index is 1.74. The number of Topliss-reactive ketones (excluding diaryl/α,β-unsaturated/α-hetero) is 4. The molecule has 0 spiro atoms. The average Bonchev–Trinajstić information content (AvgIpc) is 2.82. The number of ketones is 4. The monoisotopic (exact) mass is 489 g/mol.